The number of esters is 1. The van der Waals surface area contributed by atoms with Gasteiger partial charge in [0.2, 0.25) is 5.90 Å². The minimum atomic E-state index is -0.383. The van der Waals surface area contributed by atoms with Gasteiger partial charge in [-0.15, -0.1) is 0 Å². The molecule has 1 heterocycles. The maximum Gasteiger partial charge on any atom is 0.363 e. The molecule has 3 heteroatoms. The lowest BCUT2D eigenvalue weighted by Gasteiger charge is -1.97. The fourth-order valence-electron chi connectivity index (χ4n) is 1.20. The quantitative estimate of drug-likeness (QED) is 0.497. The average Bonchev–Trinajstić information content (AvgIpc) is 2.61. The number of benzene rings is 1. The molecule has 14 heavy (non-hydrogen) atoms. The molecule has 0 spiro atoms. The fraction of sp³-hybridized carbons (Fsp3) is 0.0909. The highest BCUT2D eigenvalue weighted by atomic mass is 16.6. The molecular formula is C11H9NO2. The van der Waals surface area contributed by atoms with Crippen LogP contribution in [-0.4, -0.2) is 11.9 Å². The first-order chi connectivity index (χ1) is 6.81. The van der Waals surface area contributed by atoms with E-state index >= 15 is 0 Å². The predicted octanol–water partition coefficient (Wildman–Crippen LogP) is 1.89. The standard InChI is InChI=1S/C11H9NO2/c1-2-9-11(13)14-10(12-9)8-6-4-3-5-7-8/h2-7H,1H3/b9-2+. The fourth-order valence-corrected chi connectivity index (χ4v) is 1.20. The molecule has 0 N–H and O–H groups in total. The maximum absolute atomic E-state index is 11.2. The first kappa shape index (κ1) is 8.69. The number of carbonyl (C=O) groups excluding carboxylic acids is 1. The Bertz CT molecular complexity index is 418. The van der Waals surface area contributed by atoms with Crippen LogP contribution in [0.25, 0.3) is 0 Å². The van der Waals surface area contributed by atoms with E-state index in [0.29, 0.717) is 11.6 Å². The van der Waals surface area contributed by atoms with Gasteiger partial charge in [0.1, 0.15) is 5.70 Å². The normalized spacial score (nSPS) is 18.2. The van der Waals surface area contributed by atoms with E-state index in [2.05, 4.69) is 4.99 Å². The molecule has 0 saturated carbocycles. The van der Waals surface area contributed by atoms with E-state index in [0.717, 1.165) is 5.56 Å². The summed E-state index contributed by atoms with van der Waals surface area (Å²) in [5.74, 6) is -0.00458. The number of hydrogen-bond donors (Lipinski definition) is 0. The zero-order chi connectivity index (χ0) is 9.97. The summed E-state index contributed by atoms with van der Waals surface area (Å²) in [4.78, 5) is 15.2. The van der Waals surface area contributed by atoms with Gasteiger partial charge in [-0.3, -0.25) is 0 Å². The third-order valence-corrected chi connectivity index (χ3v) is 1.91. The topological polar surface area (TPSA) is 38.7 Å². The molecule has 0 atom stereocenters. The van der Waals surface area contributed by atoms with Crippen LogP contribution in [0.15, 0.2) is 47.1 Å². The zero-order valence-corrected chi connectivity index (χ0v) is 7.73. The second-order valence-electron chi connectivity index (χ2n) is 2.85. The molecule has 0 aliphatic carbocycles. The Balaban J connectivity index is 2.36. The van der Waals surface area contributed by atoms with Crippen molar-refractivity contribution in [2.75, 3.05) is 0 Å². The van der Waals surface area contributed by atoms with Gasteiger partial charge in [0.15, 0.2) is 0 Å². The number of hydrogen-bond acceptors (Lipinski definition) is 3. The van der Waals surface area contributed by atoms with Crippen molar-refractivity contribution in [3.8, 4) is 0 Å². The molecule has 0 fully saturated rings. The molecule has 1 aromatic carbocycles. The van der Waals surface area contributed by atoms with E-state index in [4.69, 9.17) is 4.74 Å². The van der Waals surface area contributed by atoms with Crippen molar-refractivity contribution in [1.82, 2.24) is 0 Å². The van der Waals surface area contributed by atoms with Gasteiger partial charge in [0.05, 0.1) is 0 Å². The molecule has 0 bridgehead atoms. The summed E-state index contributed by atoms with van der Waals surface area (Å²) in [7, 11) is 0. The summed E-state index contributed by atoms with van der Waals surface area (Å²) in [6, 6.07) is 9.35. The van der Waals surface area contributed by atoms with E-state index in [1.165, 1.54) is 0 Å². The van der Waals surface area contributed by atoms with Crippen LogP contribution in [0.3, 0.4) is 0 Å². The second kappa shape index (κ2) is 3.46. The highest BCUT2D eigenvalue weighted by Gasteiger charge is 2.22. The lowest BCUT2D eigenvalue weighted by atomic mass is 10.2. The van der Waals surface area contributed by atoms with Crippen molar-refractivity contribution in [3.05, 3.63) is 47.7 Å². The molecule has 0 amide bonds. The summed E-state index contributed by atoms with van der Waals surface area (Å²) in [6.07, 6.45) is 1.64. The molecule has 1 aliphatic rings. The lowest BCUT2D eigenvalue weighted by Crippen LogP contribution is -2.04. The van der Waals surface area contributed by atoms with Crippen molar-refractivity contribution in [3.63, 3.8) is 0 Å². The molecule has 0 radical (unpaired) electrons. The van der Waals surface area contributed by atoms with Crippen LogP contribution in [-0.2, 0) is 9.53 Å². The van der Waals surface area contributed by atoms with Gasteiger partial charge in [0, 0.05) is 5.56 Å². The lowest BCUT2D eigenvalue weighted by molar-refractivity contribution is -0.130. The molecular weight excluding hydrogens is 178 g/mol. The third kappa shape index (κ3) is 1.44. The molecule has 70 valence electrons. The maximum atomic E-state index is 11.2. The van der Waals surface area contributed by atoms with Crippen molar-refractivity contribution < 1.29 is 9.53 Å². The highest BCUT2D eigenvalue weighted by molar-refractivity contribution is 6.10. The number of aliphatic imine (C=N–C) groups is 1. The van der Waals surface area contributed by atoms with Crippen LogP contribution >= 0.6 is 0 Å². The van der Waals surface area contributed by atoms with Gasteiger partial charge in [-0.2, -0.15) is 0 Å². The minimum absolute atomic E-state index is 0.365. The summed E-state index contributed by atoms with van der Waals surface area (Å²) in [5, 5.41) is 0. The predicted molar refractivity (Wildman–Crippen MR) is 52.8 cm³/mol. The van der Waals surface area contributed by atoms with Gasteiger partial charge < -0.3 is 4.74 Å². The SMILES string of the molecule is C/C=C1/N=C(c2ccccc2)OC1=O. The number of rotatable bonds is 1. The molecule has 0 aromatic heterocycles. The Labute approximate surface area is 81.7 Å². The Morgan fingerprint density at radius 1 is 1.29 bits per heavy atom. The van der Waals surface area contributed by atoms with Gasteiger partial charge >= 0.3 is 5.97 Å². The van der Waals surface area contributed by atoms with Crippen molar-refractivity contribution in [2.45, 2.75) is 6.92 Å². The summed E-state index contributed by atoms with van der Waals surface area (Å²) in [5.41, 5.74) is 1.18. The Morgan fingerprint density at radius 3 is 2.57 bits per heavy atom. The van der Waals surface area contributed by atoms with Gasteiger partial charge in [-0.1, -0.05) is 24.3 Å². The first-order valence-corrected chi connectivity index (χ1v) is 4.34. The van der Waals surface area contributed by atoms with E-state index in [9.17, 15) is 4.79 Å². The Kier molecular flexibility index (Phi) is 2.14. The Morgan fingerprint density at radius 2 is 2.00 bits per heavy atom. The molecule has 0 unspecified atom stereocenters. The summed E-state index contributed by atoms with van der Waals surface area (Å²) in [6.45, 7) is 1.76. The Hall–Kier alpha value is -1.90. The number of nitrogens with zero attached hydrogens (tertiary/aromatic N) is 1. The molecule has 0 saturated heterocycles. The smallest absolute Gasteiger partial charge is 0.363 e. The van der Waals surface area contributed by atoms with Crippen LogP contribution in [0.2, 0.25) is 0 Å². The van der Waals surface area contributed by atoms with Gasteiger partial charge in [-0.05, 0) is 19.1 Å². The number of ether oxygens (including phenoxy) is 1. The first-order valence-electron chi connectivity index (χ1n) is 4.34. The average molecular weight is 187 g/mol. The zero-order valence-electron chi connectivity index (χ0n) is 7.73. The van der Waals surface area contributed by atoms with Crippen LogP contribution in [0.5, 0.6) is 0 Å². The molecule has 3 nitrogen and oxygen atoms in total. The van der Waals surface area contributed by atoms with E-state index in [-0.39, 0.29) is 5.97 Å². The second-order valence-corrected chi connectivity index (χ2v) is 2.85. The van der Waals surface area contributed by atoms with Crippen molar-refractivity contribution in [2.24, 2.45) is 4.99 Å². The molecule has 2 rings (SSSR count). The van der Waals surface area contributed by atoms with Gasteiger partial charge in [0.25, 0.3) is 0 Å². The van der Waals surface area contributed by atoms with Gasteiger partial charge in [-0.25, -0.2) is 9.79 Å². The third-order valence-electron chi connectivity index (χ3n) is 1.91. The number of carbonyl (C=O) groups is 1. The van der Waals surface area contributed by atoms with Crippen LogP contribution in [0.1, 0.15) is 12.5 Å². The van der Waals surface area contributed by atoms with E-state index in [1.807, 2.05) is 30.3 Å². The monoisotopic (exact) mass is 187 g/mol. The molecule has 1 aliphatic heterocycles. The largest absolute Gasteiger partial charge is 0.402 e. The van der Waals surface area contributed by atoms with Crippen LogP contribution in [0, 0.1) is 0 Å². The number of allylic oxidation sites excluding steroid dienone is 1. The van der Waals surface area contributed by atoms with Crippen LogP contribution in [0.4, 0.5) is 0 Å². The highest BCUT2D eigenvalue weighted by Crippen LogP contribution is 2.15. The van der Waals surface area contributed by atoms with E-state index in [1.54, 1.807) is 13.0 Å². The van der Waals surface area contributed by atoms with Crippen LogP contribution < -0.4 is 0 Å². The number of cyclic esters (lactones) is 1. The van der Waals surface area contributed by atoms with Crippen molar-refractivity contribution >= 4 is 11.9 Å². The summed E-state index contributed by atoms with van der Waals surface area (Å²) >= 11 is 0. The summed E-state index contributed by atoms with van der Waals surface area (Å²) < 4.78 is 4.99. The molecule has 1 aromatic rings. The minimum Gasteiger partial charge on any atom is -0.402 e. The van der Waals surface area contributed by atoms with E-state index < -0.39 is 0 Å². The van der Waals surface area contributed by atoms with Crippen molar-refractivity contribution in [1.29, 1.82) is 0 Å².